The highest BCUT2D eigenvalue weighted by atomic mass is 16.6. The molecule has 0 spiro atoms. The minimum absolute atomic E-state index is 0.250. The van der Waals surface area contributed by atoms with Gasteiger partial charge in [-0.2, -0.15) is 0 Å². The lowest BCUT2D eigenvalue weighted by Gasteiger charge is -2.48. The van der Waals surface area contributed by atoms with E-state index in [1.165, 1.54) is 4.90 Å². The summed E-state index contributed by atoms with van der Waals surface area (Å²) in [7, 11) is 0. The van der Waals surface area contributed by atoms with Gasteiger partial charge in [-0.15, -0.1) is 0 Å². The molecule has 88 valence electrons. The van der Waals surface area contributed by atoms with Crippen LogP contribution in [-0.2, 0) is 4.74 Å². The summed E-state index contributed by atoms with van der Waals surface area (Å²) in [5.74, 6) is 0. The van der Waals surface area contributed by atoms with Gasteiger partial charge in [0, 0.05) is 6.04 Å². The summed E-state index contributed by atoms with van der Waals surface area (Å²) in [6, 6.07) is -0.337. The van der Waals surface area contributed by atoms with Crippen molar-refractivity contribution < 1.29 is 14.6 Å². The fourth-order valence-electron chi connectivity index (χ4n) is 1.36. The first-order valence-corrected chi connectivity index (χ1v) is 5.10. The first kappa shape index (κ1) is 12.3. The summed E-state index contributed by atoms with van der Waals surface area (Å²) in [5.41, 5.74) is 4.14. The van der Waals surface area contributed by atoms with Gasteiger partial charge in [0.2, 0.25) is 0 Å². The van der Waals surface area contributed by atoms with E-state index >= 15 is 0 Å². The van der Waals surface area contributed by atoms with Gasteiger partial charge in [-0.1, -0.05) is 0 Å². The van der Waals surface area contributed by atoms with Crippen molar-refractivity contribution in [1.29, 1.82) is 0 Å². The number of hydrogen-bond acceptors (Lipinski definition) is 4. The Kier molecular flexibility index (Phi) is 2.98. The Labute approximate surface area is 90.2 Å². The van der Waals surface area contributed by atoms with Crippen molar-refractivity contribution >= 4 is 6.09 Å². The average molecular weight is 216 g/mol. The molecule has 5 heteroatoms. The fourth-order valence-corrected chi connectivity index (χ4v) is 1.36. The third kappa shape index (κ3) is 2.82. The van der Waals surface area contributed by atoms with E-state index in [2.05, 4.69) is 0 Å². The molecular weight excluding hydrogens is 196 g/mol. The number of aliphatic hydroxyl groups is 1. The minimum Gasteiger partial charge on any atom is -0.444 e. The van der Waals surface area contributed by atoms with Crippen LogP contribution in [0.2, 0.25) is 0 Å². The average Bonchev–Trinajstić information content (AvgIpc) is 1.94. The molecule has 0 aliphatic carbocycles. The molecule has 1 aliphatic heterocycles. The quantitative estimate of drug-likeness (QED) is 0.661. The normalized spacial score (nSPS) is 21.9. The summed E-state index contributed by atoms with van der Waals surface area (Å²) in [5, 5.41) is 9.83. The maximum absolute atomic E-state index is 11.5. The first-order chi connectivity index (χ1) is 6.64. The van der Waals surface area contributed by atoms with Crippen molar-refractivity contribution in [3.05, 3.63) is 0 Å². The lowest BCUT2D eigenvalue weighted by molar-refractivity contribution is -0.108. The Morgan fingerprint density at radius 2 is 2.00 bits per heavy atom. The Bertz CT molecular complexity index is 252. The van der Waals surface area contributed by atoms with Crippen LogP contribution in [0.1, 0.15) is 27.7 Å². The van der Waals surface area contributed by atoms with Crippen molar-refractivity contribution in [2.24, 2.45) is 5.73 Å². The fraction of sp³-hybridized carbons (Fsp3) is 0.900. The van der Waals surface area contributed by atoms with Crippen LogP contribution in [0.3, 0.4) is 0 Å². The van der Waals surface area contributed by atoms with Crippen LogP contribution >= 0.6 is 0 Å². The van der Waals surface area contributed by atoms with Crippen molar-refractivity contribution in [1.82, 2.24) is 4.90 Å². The van der Waals surface area contributed by atoms with Crippen LogP contribution in [0.15, 0.2) is 0 Å². The summed E-state index contributed by atoms with van der Waals surface area (Å²) in [6.45, 7) is 7.65. The zero-order valence-electron chi connectivity index (χ0n) is 9.78. The molecule has 1 saturated heterocycles. The maximum Gasteiger partial charge on any atom is 0.410 e. The lowest BCUT2D eigenvalue weighted by atomic mass is 9.88. The molecule has 15 heavy (non-hydrogen) atoms. The van der Waals surface area contributed by atoms with Crippen LogP contribution in [-0.4, -0.2) is 46.4 Å². The van der Waals surface area contributed by atoms with Gasteiger partial charge in [0.25, 0.3) is 0 Å². The van der Waals surface area contributed by atoms with Crippen molar-refractivity contribution in [3.8, 4) is 0 Å². The molecule has 1 aliphatic rings. The van der Waals surface area contributed by atoms with Gasteiger partial charge >= 0.3 is 6.09 Å². The smallest absolute Gasteiger partial charge is 0.410 e. The number of rotatable bonds is 1. The molecule has 0 aromatic rings. The largest absolute Gasteiger partial charge is 0.444 e. The standard InChI is InChI=1S/C10H20N2O3/c1-7(11)10(14)5-12(6-10)8(13)15-9(2,3)4/h7,14H,5-6,11H2,1-4H3. The predicted molar refractivity (Wildman–Crippen MR) is 56.4 cm³/mol. The number of carbonyl (C=O) groups is 1. The molecule has 0 radical (unpaired) electrons. The molecule has 1 atom stereocenters. The predicted octanol–water partition coefficient (Wildman–Crippen LogP) is 0.315. The van der Waals surface area contributed by atoms with E-state index < -0.39 is 17.3 Å². The van der Waals surface area contributed by atoms with Crippen LogP contribution in [0, 0.1) is 0 Å². The molecule has 0 saturated carbocycles. The SMILES string of the molecule is CC(N)C1(O)CN(C(=O)OC(C)(C)C)C1. The molecule has 1 rings (SSSR count). The summed E-state index contributed by atoms with van der Waals surface area (Å²) >= 11 is 0. The highest BCUT2D eigenvalue weighted by molar-refractivity contribution is 5.69. The Hall–Kier alpha value is -0.810. The van der Waals surface area contributed by atoms with E-state index in [1.807, 2.05) is 20.8 Å². The van der Waals surface area contributed by atoms with Crippen molar-refractivity contribution in [2.75, 3.05) is 13.1 Å². The third-order valence-electron chi connectivity index (χ3n) is 2.43. The van der Waals surface area contributed by atoms with Gasteiger partial charge in [-0.25, -0.2) is 4.79 Å². The van der Waals surface area contributed by atoms with Crippen LogP contribution < -0.4 is 5.73 Å². The minimum atomic E-state index is -0.948. The molecular formula is C10H20N2O3. The summed E-state index contributed by atoms with van der Waals surface area (Å²) in [4.78, 5) is 13.0. The van der Waals surface area contributed by atoms with E-state index in [0.717, 1.165) is 0 Å². The number of nitrogens with two attached hydrogens (primary N) is 1. The van der Waals surface area contributed by atoms with Crippen LogP contribution in [0.25, 0.3) is 0 Å². The van der Waals surface area contributed by atoms with Gasteiger partial charge in [0.05, 0.1) is 13.1 Å². The van der Waals surface area contributed by atoms with Crippen LogP contribution in [0.5, 0.6) is 0 Å². The number of β-amino-alcohol motifs (C(OH)–C–C–N with tert-alkyl or cyclic N) is 1. The Balaban J connectivity index is 2.42. The van der Waals surface area contributed by atoms with Gasteiger partial charge in [-0.05, 0) is 27.7 Å². The Morgan fingerprint density at radius 3 is 2.33 bits per heavy atom. The van der Waals surface area contributed by atoms with Gasteiger partial charge in [0.15, 0.2) is 0 Å². The molecule has 0 aromatic carbocycles. The first-order valence-electron chi connectivity index (χ1n) is 5.10. The molecule has 1 heterocycles. The van der Waals surface area contributed by atoms with E-state index in [1.54, 1.807) is 6.92 Å². The summed E-state index contributed by atoms with van der Waals surface area (Å²) < 4.78 is 5.15. The van der Waals surface area contributed by atoms with E-state index in [4.69, 9.17) is 10.5 Å². The third-order valence-corrected chi connectivity index (χ3v) is 2.43. The van der Waals surface area contributed by atoms with E-state index in [0.29, 0.717) is 0 Å². The van der Waals surface area contributed by atoms with Gasteiger partial charge < -0.3 is 20.5 Å². The number of hydrogen-bond donors (Lipinski definition) is 2. The summed E-state index contributed by atoms with van der Waals surface area (Å²) in [6.07, 6.45) is -0.396. The second-order valence-electron chi connectivity index (χ2n) is 5.23. The highest BCUT2D eigenvalue weighted by Crippen LogP contribution is 2.25. The van der Waals surface area contributed by atoms with Crippen molar-refractivity contribution in [3.63, 3.8) is 0 Å². The second kappa shape index (κ2) is 3.64. The number of ether oxygens (including phenoxy) is 1. The topological polar surface area (TPSA) is 75.8 Å². The number of amides is 1. The van der Waals surface area contributed by atoms with Gasteiger partial charge in [0.1, 0.15) is 11.2 Å². The second-order valence-corrected chi connectivity index (χ2v) is 5.23. The number of carbonyl (C=O) groups excluding carboxylic acids is 1. The maximum atomic E-state index is 11.5. The highest BCUT2D eigenvalue weighted by Gasteiger charge is 2.47. The number of likely N-dealkylation sites (tertiary alicyclic amines) is 1. The Morgan fingerprint density at radius 1 is 1.53 bits per heavy atom. The zero-order chi connectivity index (χ0) is 11.9. The molecule has 1 amide bonds. The molecule has 5 nitrogen and oxygen atoms in total. The number of nitrogens with zero attached hydrogens (tertiary/aromatic N) is 1. The van der Waals surface area contributed by atoms with E-state index in [9.17, 15) is 9.90 Å². The van der Waals surface area contributed by atoms with Crippen LogP contribution in [0.4, 0.5) is 4.79 Å². The molecule has 3 N–H and O–H groups in total. The van der Waals surface area contributed by atoms with Gasteiger partial charge in [-0.3, -0.25) is 0 Å². The van der Waals surface area contributed by atoms with E-state index in [-0.39, 0.29) is 19.1 Å². The monoisotopic (exact) mass is 216 g/mol. The van der Waals surface area contributed by atoms with Crippen molar-refractivity contribution in [2.45, 2.75) is 44.9 Å². The molecule has 0 bridgehead atoms. The zero-order valence-corrected chi connectivity index (χ0v) is 9.78. The molecule has 0 aromatic heterocycles. The lowest BCUT2D eigenvalue weighted by Crippen LogP contribution is -2.70. The molecule has 1 unspecified atom stereocenters. The molecule has 1 fully saturated rings.